The van der Waals surface area contributed by atoms with E-state index in [4.69, 9.17) is 4.74 Å². The van der Waals surface area contributed by atoms with Crippen molar-refractivity contribution >= 4 is 5.91 Å². The number of amides is 1. The summed E-state index contributed by atoms with van der Waals surface area (Å²) >= 11 is 0. The first-order chi connectivity index (χ1) is 18.2. The zero-order valence-electron chi connectivity index (χ0n) is 22.4. The van der Waals surface area contributed by atoms with Gasteiger partial charge in [-0.1, -0.05) is 26.0 Å². The molecule has 2 aliphatic rings. The van der Waals surface area contributed by atoms with Gasteiger partial charge >= 0.3 is 0 Å². The topological polar surface area (TPSA) is 53.0 Å². The molecule has 0 aliphatic carbocycles. The number of alkyl halides is 1. The minimum absolute atomic E-state index is 0.117. The molecule has 0 radical (unpaired) electrons. The fraction of sp³-hybridized carbons (Fsp3) is 0.567. The van der Waals surface area contributed by atoms with Crippen molar-refractivity contribution in [2.45, 2.75) is 64.1 Å². The number of nitrogens with zero attached hydrogens (tertiary/aromatic N) is 2. The molecule has 1 N–H and O–H groups in total. The highest BCUT2D eigenvalue weighted by Gasteiger charge is 2.30. The Bertz CT molecular complexity index is 1100. The Hall–Kier alpha value is -2.58. The molecule has 0 spiro atoms. The highest BCUT2D eigenvalue weighted by Crippen LogP contribution is 2.30. The number of rotatable bonds is 9. The van der Waals surface area contributed by atoms with Crippen LogP contribution in [0, 0.1) is 17.6 Å². The Labute approximate surface area is 223 Å². The van der Waals surface area contributed by atoms with Gasteiger partial charge in [-0.05, 0) is 87.4 Å². The van der Waals surface area contributed by atoms with Crippen molar-refractivity contribution in [3.8, 4) is 16.9 Å². The van der Waals surface area contributed by atoms with Crippen LogP contribution >= 0.6 is 0 Å². The van der Waals surface area contributed by atoms with Gasteiger partial charge in [0.25, 0.3) is 5.91 Å². The lowest BCUT2D eigenvalue weighted by atomic mass is 9.94. The van der Waals surface area contributed by atoms with Gasteiger partial charge in [-0.2, -0.15) is 0 Å². The van der Waals surface area contributed by atoms with Crippen LogP contribution in [0.4, 0.5) is 13.2 Å². The lowest BCUT2D eigenvalue weighted by Gasteiger charge is -2.36. The van der Waals surface area contributed by atoms with E-state index in [-0.39, 0.29) is 35.2 Å². The third-order valence-electron chi connectivity index (χ3n) is 8.10. The second kappa shape index (κ2) is 12.5. The zero-order chi connectivity index (χ0) is 27.3. The number of carbonyl (C=O) groups is 1. The number of ether oxygens (including phenoxy) is 1. The number of hydrogen-bond donors (Lipinski definition) is 1. The molecule has 38 heavy (non-hydrogen) atoms. The van der Waals surface area contributed by atoms with Crippen LogP contribution in [0.15, 0.2) is 36.4 Å². The van der Waals surface area contributed by atoms with E-state index in [9.17, 15) is 23.1 Å². The number of aliphatic hydroxyl groups is 1. The van der Waals surface area contributed by atoms with E-state index in [0.717, 1.165) is 25.9 Å². The molecule has 0 bridgehead atoms. The molecule has 2 saturated heterocycles. The van der Waals surface area contributed by atoms with Crippen molar-refractivity contribution in [1.29, 1.82) is 0 Å². The van der Waals surface area contributed by atoms with Crippen LogP contribution in [0.5, 0.6) is 5.75 Å². The molecule has 0 aromatic heterocycles. The fourth-order valence-corrected chi connectivity index (χ4v) is 5.38. The SMILES string of the molecule is CCC(F)(CC)CN1CCC(COc2ccc(-c3ccc(C(=O)N4CCC[C@H](O)C4)cc3F)cc2F)CC1. The Morgan fingerprint density at radius 2 is 1.76 bits per heavy atom. The van der Waals surface area contributed by atoms with Crippen molar-refractivity contribution in [3.05, 3.63) is 53.6 Å². The summed E-state index contributed by atoms with van der Waals surface area (Å²) in [6.45, 7) is 6.98. The van der Waals surface area contributed by atoms with Gasteiger partial charge in [0, 0.05) is 30.8 Å². The smallest absolute Gasteiger partial charge is 0.254 e. The lowest BCUT2D eigenvalue weighted by molar-refractivity contribution is 0.0473. The molecule has 0 saturated carbocycles. The molecule has 1 amide bonds. The van der Waals surface area contributed by atoms with Gasteiger partial charge in [-0.3, -0.25) is 4.79 Å². The van der Waals surface area contributed by atoms with Crippen LogP contribution < -0.4 is 4.74 Å². The average molecular weight is 533 g/mol. The second-order valence-electron chi connectivity index (χ2n) is 10.8. The minimum atomic E-state index is -1.14. The zero-order valence-corrected chi connectivity index (χ0v) is 22.4. The number of piperidine rings is 2. The van der Waals surface area contributed by atoms with E-state index >= 15 is 0 Å². The molecular formula is C30H39F3N2O3. The fourth-order valence-electron chi connectivity index (χ4n) is 5.38. The van der Waals surface area contributed by atoms with Gasteiger partial charge in [0.1, 0.15) is 11.5 Å². The van der Waals surface area contributed by atoms with Crippen molar-refractivity contribution in [2.75, 3.05) is 39.3 Å². The molecule has 5 nitrogen and oxygen atoms in total. The number of hydrogen-bond acceptors (Lipinski definition) is 4. The monoisotopic (exact) mass is 532 g/mol. The molecule has 4 rings (SSSR count). The van der Waals surface area contributed by atoms with E-state index in [2.05, 4.69) is 4.90 Å². The Kier molecular flexibility index (Phi) is 9.36. The summed E-state index contributed by atoms with van der Waals surface area (Å²) in [5, 5.41) is 9.82. The molecule has 2 aromatic carbocycles. The number of carbonyl (C=O) groups excluding carboxylic acids is 1. The average Bonchev–Trinajstić information content (AvgIpc) is 2.92. The Balaban J connectivity index is 1.32. The number of benzene rings is 2. The predicted molar refractivity (Wildman–Crippen MR) is 142 cm³/mol. The summed E-state index contributed by atoms with van der Waals surface area (Å²) < 4.78 is 50.3. The molecule has 2 aliphatic heterocycles. The van der Waals surface area contributed by atoms with Crippen LogP contribution in [0.1, 0.15) is 62.7 Å². The third kappa shape index (κ3) is 6.89. The number of likely N-dealkylation sites (tertiary alicyclic amines) is 2. The van der Waals surface area contributed by atoms with Gasteiger partial charge in [-0.15, -0.1) is 0 Å². The van der Waals surface area contributed by atoms with Gasteiger partial charge in [0.15, 0.2) is 11.6 Å². The summed E-state index contributed by atoms with van der Waals surface area (Å²) in [4.78, 5) is 16.4. The van der Waals surface area contributed by atoms with Crippen molar-refractivity contribution in [3.63, 3.8) is 0 Å². The minimum Gasteiger partial charge on any atom is -0.490 e. The van der Waals surface area contributed by atoms with Crippen LogP contribution in [0.25, 0.3) is 11.1 Å². The summed E-state index contributed by atoms with van der Waals surface area (Å²) in [5.74, 6) is -1.13. The molecule has 8 heteroatoms. The Morgan fingerprint density at radius 1 is 1.03 bits per heavy atom. The standard InChI is InChI=1S/C30H39F3N2O3/c1-3-30(33,4-2)20-34-14-11-21(12-15-34)19-38-28-10-8-22(16-27(28)32)25-9-7-23(17-26(25)31)29(37)35-13-5-6-24(36)18-35/h7-10,16-17,21,24,36H,3-6,11-15,18-20H2,1-2H3/t24-/m0/s1. The van der Waals surface area contributed by atoms with Crippen molar-refractivity contribution in [2.24, 2.45) is 5.92 Å². The molecule has 1 atom stereocenters. The van der Waals surface area contributed by atoms with E-state index in [1.54, 1.807) is 6.07 Å². The quantitative estimate of drug-likeness (QED) is 0.440. The van der Waals surface area contributed by atoms with Crippen LogP contribution in [-0.2, 0) is 0 Å². The summed E-state index contributed by atoms with van der Waals surface area (Å²) in [6, 6.07) is 8.54. The predicted octanol–water partition coefficient (Wildman–Crippen LogP) is 5.85. The van der Waals surface area contributed by atoms with E-state index in [1.807, 2.05) is 13.8 Å². The van der Waals surface area contributed by atoms with Gasteiger partial charge in [0.05, 0.1) is 12.7 Å². The first-order valence-corrected chi connectivity index (χ1v) is 13.8. The summed E-state index contributed by atoms with van der Waals surface area (Å²) in [5.41, 5.74) is -0.385. The third-order valence-corrected chi connectivity index (χ3v) is 8.10. The van der Waals surface area contributed by atoms with Crippen molar-refractivity contribution in [1.82, 2.24) is 9.80 Å². The second-order valence-corrected chi connectivity index (χ2v) is 10.8. The number of β-amino-alcohol motifs (C(OH)–C–C–N with tert-alkyl or cyclic N) is 1. The van der Waals surface area contributed by atoms with Gasteiger partial charge < -0.3 is 19.6 Å². The highest BCUT2D eigenvalue weighted by molar-refractivity contribution is 5.95. The molecular weight excluding hydrogens is 493 g/mol. The lowest BCUT2D eigenvalue weighted by Crippen LogP contribution is -2.44. The van der Waals surface area contributed by atoms with Crippen molar-refractivity contribution < 1.29 is 27.8 Å². The molecule has 0 unspecified atom stereocenters. The Morgan fingerprint density at radius 3 is 2.39 bits per heavy atom. The normalized spacial score (nSPS) is 19.5. The number of halogens is 3. The largest absolute Gasteiger partial charge is 0.490 e. The van der Waals surface area contributed by atoms with Gasteiger partial charge in [0.2, 0.25) is 0 Å². The molecule has 208 valence electrons. The maximum atomic E-state index is 14.9. The highest BCUT2D eigenvalue weighted by atomic mass is 19.1. The van der Waals surface area contributed by atoms with Gasteiger partial charge in [-0.25, -0.2) is 13.2 Å². The maximum Gasteiger partial charge on any atom is 0.254 e. The van der Waals surface area contributed by atoms with Crippen LogP contribution in [0.3, 0.4) is 0 Å². The first-order valence-electron chi connectivity index (χ1n) is 13.8. The van der Waals surface area contributed by atoms with Crippen LogP contribution in [0.2, 0.25) is 0 Å². The maximum absolute atomic E-state index is 14.9. The van der Waals surface area contributed by atoms with E-state index in [1.165, 1.54) is 35.2 Å². The number of aliphatic hydroxyl groups excluding tert-OH is 1. The molecule has 2 fully saturated rings. The summed E-state index contributed by atoms with van der Waals surface area (Å²) in [7, 11) is 0. The first kappa shape index (κ1) is 28.4. The van der Waals surface area contributed by atoms with E-state index < -0.39 is 23.4 Å². The molecule has 2 heterocycles. The van der Waals surface area contributed by atoms with Crippen LogP contribution in [-0.4, -0.2) is 71.9 Å². The molecule has 2 aromatic rings. The summed E-state index contributed by atoms with van der Waals surface area (Å²) in [6.07, 6.45) is 3.57. The van der Waals surface area contributed by atoms with E-state index in [0.29, 0.717) is 50.9 Å².